The molecule has 0 unspecified atom stereocenters. The van der Waals surface area contributed by atoms with Crippen molar-refractivity contribution in [2.45, 2.75) is 5.67 Å². The van der Waals surface area contributed by atoms with E-state index in [0.717, 1.165) is 10.9 Å². The summed E-state index contributed by atoms with van der Waals surface area (Å²) in [5, 5.41) is 1.25. The van der Waals surface area contributed by atoms with Crippen LogP contribution in [0.5, 0.6) is 0 Å². The van der Waals surface area contributed by atoms with Gasteiger partial charge in [-0.25, -0.2) is 4.39 Å². The van der Waals surface area contributed by atoms with Crippen molar-refractivity contribution >= 4 is 22.5 Å². The van der Waals surface area contributed by atoms with Crippen LogP contribution in [0, 0.1) is 12.3 Å². The normalized spacial score (nSPS) is 12.7. The molecule has 3 aromatic carbocycles. The predicted octanol–water partition coefficient (Wildman–Crippen LogP) is 6.50. The molecule has 0 aliphatic rings. The zero-order chi connectivity index (χ0) is 24.6. The summed E-state index contributed by atoms with van der Waals surface area (Å²) in [4.78, 5) is 16.9. The summed E-state index contributed by atoms with van der Waals surface area (Å²) in [7, 11) is 1.70. The minimum Gasteiger partial charge on any atom is -0.311 e. The first kappa shape index (κ1) is 22.6. The maximum absolute atomic E-state index is 17.3. The SMILES string of the molecule is C#Cc1cccc(-c2cc(=O)n(C)c3ccc([C@](F)(c4ccc(Cl)cc4)c4cccnc4)cc23)c1. The number of benzene rings is 3. The van der Waals surface area contributed by atoms with E-state index in [2.05, 4.69) is 10.9 Å². The van der Waals surface area contributed by atoms with Gasteiger partial charge in [0.25, 0.3) is 5.56 Å². The van der Waals surface area contributed by atoms with E-state index >= 15 is 4.39 Å². The van der Waals surface area contributed by atoms with Gasteiger partial charge in [-0.3, -0.25) is 9.78 Å². The maximum Gasteiger partial charge on any atom is 0.251 e. The number of fused-ring (bicyclic) bond motifs is 1. The molecule has 170 valence electrons. The molecular formula is C30H20ClFN2O. The van der Waals surface area contributed by atoms with Crippen molar-refractivity contribution in [3.05, 3.63) is 135 Å². The van der Waals surface area contributed by atoms with Crippen molar-refractivity contribution in [1.29, 1.82) is 0 Å². The predicted molar refractivity (Wildman–Crippen MR) is 139 cm³/mol. The summed E-state index contributed by atoms with van der Waals surface area (Å²) in [5.74, 6) is 2.63. The van der Waals surface area contributed by atoms with E-state index in [0.29, 0.717) is 38.4 Å². The molecule has 0 aliphatic heterocycles. The van der Waals surface area contributed by atoms with E-state index in [4.69, 9.17) is 18.0 Å². The Balaban J connectivity index is 1.83. The zero-order valence-electron chi connectivity index (χ0n) is 18.9. The number of terminal acetylenes is 1. The average molecular weight is 479 g/mol. The van der Waals surface area contributed by atoms with Crippen molar-refractivity contribution < 1.29 is 4.39 Å². The van der Waals surface area contributed by atoms with Gasteiger partial charge in [-0.1, -0.05) is 53.9 Å². The summed E-state index contributed by atoms with van der Waals surface area (Å²) < 4.78 is 18.9. The molecule has 5 heteroatoms. The Kier molecular flexibility index (Phi) is 5.72. The molecule has 2 aromatic heterocycles. The lowest BCUT2D eigenvalue weighted by molar-refractivity contribution is 0.280. The Morgan fingerprint density at radius 1 is 0.943 bits per heavy atom. The van der Waals surface area contributed by atoms with Crippen LogP contribution >= 0.6 is 11.6 Å². The number of aryl methyl sites for hydroxylation is 1. The van der Waals surface area contributed by atoms with Gasteiger partial charge in [0.05, 0.1) is 5.52 Å². The fraction of sp³-hybridized carbons (Fsp3) is 0.0667. The first-order valence-corrected chi connectivity index (χ1v) is 11.4. The molecule has 0 amide bonds. The van der Waals surface area contributed by atoms with Gasteiger partial charge in [0.2, 0.25) is 0 Å². The standard InChI is InChI=1S/C30H20ClFN2O/c1-3-20-6-4-7-21(16-20)26-18-29(35)34(2)28-14-11-23(17-27(26)28)30(32,24-8-5-15-33-19-24)22-9-12-25(31)13-10-22/h1,4-19H,2H3/t30-/m1/s1. The van der Waals surface area contributed by atoms with Gasteiger partial charge in [-0.2, -0.15) is 0 Å². The number of alkyl halides is 1. The number of halogens is 2. The van der Waals surface area contributed by atoms with Crippen LogP contribution in [-0.2, 0) is 12.7 Å². The third-order valence-corrected chi connectivity index (χ3v) is 6.54. The largest absolute Gasteiger partial charge is 0.311 e. The molecule has 35 heavy (non-hydrogen) atoms. The topological polar surface area (TPSA) is 34.9 Å². The van der Waals surface area contributed by atoms with Crippen molar-refractivity contribution in [3.63, 3.8) is 0 Å². The number of hydrogen-bond donors (Lipinski definition) is 0. The minimum atomic E-state index is -2.00. The molecular weight excluding hydrogens is 459 g/mol. The Morgan fingerprint density at radius 2 is 1.71 bits per heavy atom. The number of rotatable bonds is 4. The van der Waals surface area contributed by atoms with Gasteiger partial charge in [-0.15, -0.1) is 6.42 Å². The monoisotopic (exact) mass is 478 g/mol. The molecule has 1 atom stereocenters. The summed E-state index contributed by atoms with van der Waals surface area (Å²) in [6, 6.07) is 24.4. The van der Waals surface area contributed by atoms with Crippen molar-refractivity contribution in [3.8, 4) is 23.5 Å². The van der Waals surface area contributed by atoms with Gasteiger partial charge >= 0.3 is 0 Å². The fourth-order valence-electron chi connectivity index (χ4n) is 4.44. The highest BCUT2D eigenvalue weighted by Gasteiger charge is 2.37. The van der Waals surface area contributed by atoms with E-state index < -0.39 is 5.67 Å². The quantitative estimate of drug-likeness (QED) is 0.276. The van der Waals surface area contributed by atoms with Crippen LogP contribution in [0.1, 0.15) is 22.3 Å². The van der Waals surface area contributed by atoms with Crippen LogP contribution < -0.4 is 5.56 Å². The van der Waals surface area contributed by atoms with E-state index in [9.17, 15) is 4.79 Å². The highest BCUT2D eigenvalue weighted by atomic mass is 35.5. The van der Waals surface area contributed by atoms with Crippen LogP contribution in [-0.4, -0.2) is 9.55 Å². The molecule has 5 aromatic rings. The molecule has 0 spiro atoms. The Labute approximate surface area is 207 Å². The van der Waals surface area contributed by atoms with Gasteiger partial charge in [0.15, 0.2) is 5.67 Å². The average Bonchev–Trinajstić information content (AvgIpc) is 2.91. The van der Waals surface area contributed by atoms with E-state index in [1.807, 2.05) is 24.3 Å². The Hall–Kier alpha value is -4.20. The van der Waals surface area contributed by atoms with Crippen LogP contribution in [0.4, 0.5) is 4.39 Å². The molecule has 0 N–H and O–H groups in total. The van der Waals surface area contributed by atoms with Crippen molar-refractivity contribution in [2.24, 2.45) is 7.05 Å². The minimum absolute atomic E-state index is 0.164. The van der Waals surface area contributed by atoms with Crippen molar-refractivity contribution in [1.82, 2.24) is 9.55 Å². The highest BCUT2D eigenvalue weighted by Crippen LogP contribution is 2.42. The second-order valence-corrected chi connectivity index (χ2v) is 8.76. The first-order valence-electron chi connectivity index (χ1n) is 11.0. The van der Waals surface area contributed by atoms with Crippen molar-refractivity contribution in [2.75, 3.05) is 0 Å². The van der Waals surface area contributed by atoms with Gasteiger partial charge in [0, 0.05) is 47.0 Å². The summed E-state index contributed by atoms with van der Waals surface area (Å²) in [6.45, 7) is 0. The lowest BCUT2D eigenvalue weighted by atomic mass is 9.82. The molecule has 0 radical (unpaired) electrons. The summed E-state index contributed by atoms with van der Waals surface area (Å²) in [6.07, 6.45) is 8.74. The van der Waals surface area contributed by atoms with E-state index in [1.165, 1.54) is 6.20 Å². The first-order chi connectivity index (χ1) is 16.9. The lowest BCUT2D eigenvalue weighted by Crippen LogP contribution is -2.24. The third kappa shape index (κ3) is 3.90. The molecule has 5 rings (SSSR count). The third-order valence-electron chi connectivity index (χ3n) is 6.29. The number of aromatic nitrogens is 2. The second kappa shape index (κ2) is 8.87. The molecule has 3 nitrogen and oxygen atoms in total. The molecule has 0 bridgehead atoms. The number of hydrogen-bond acceptors (Lipinski definition) is 2. The van der Waals surface area contributed by atoms with Crippen LogP contribution in [0.25, 0.3) is 22.0 Å². The molecule has 0 saturated carbocycles. The van der Waals surface area contributed by atoms with E-state index in [-0.39, 0.29) is 5.56 Å². The van der Waals surface area contributed by atoms with Crippen LogP contribution in [0.3, 0.4) is 0 Å². The lowest BCUT2D eigenvalue weighted by Gasteiger charge is -2.27. The van der Waals surface area contributed by atoms with E-state index in [1.54, 1.807) is 78.5 Å². The van der Waals surface area contributed by atoms with Gasteiger partial charge in [-0.05, 0) is 64.7 Å². The molecule has 2 heterocycles. The summed E-state index contributed by atoms with van der Waals surface area (Å²) >= 11 is 6.10. The van der Waals surface area contributed by atoms with Crippen LogP contribution in [0.2, 0.25) is 5.02 Å². The summed E-state index contributed by atoms with van der Waals surface area (Å²) in [5.41, 5.74) is 1.92. The number of nitrogens with zero attached hydrogens (tertiary/aromatic N) is 2. The molecule has 0 fully saturated rings. The Morgan fingerprint density at radius 3 is 2.43 bits per heavy atom. The fourth-order valence-corrected chi connectivity index (χ4v) is 4.56. The smallest absolute Gasteiger partial charge is 0.251 e. The van der Waals surface area contributed by atoms with Gasteiger partial charge < -0.3 is 4.57 Å². The molecule has 0 saturated heterocycles. The number of pyridine rings is 2. The highest BCUT2D eigenvalue weighted by molar-refractivity contribution is 6.30. The Bertz CT molecular complexity index is 1650. The van der Waals surface area contributed by atoms with Gasteiger partial charge in [0.1, 0.15) is 0 Å². The molecule has 0 aliphatic carbocycles. The zero-order valence-corrected chi connectivity index (χ0v) is 19.6. The maximum atomic E-state index is 17.3. The second-order valence-electron chi connectivity index (χ2n) is 8.32. The van der Waals surface area contributed by atoms with Crippen LogP contribution in [0.15, 0.2) is 102 Å².